The number of hydrogen-bond acceptors (Lipinski definition) is 4. The lowest BCUT2D eigenvalue weighted by Crippen LogP contribution is -2.49. The second-order valence-corrected chi connectivity index (χ2v) is 9.50. The van der Waals surface area contributed by atoms with Crippen LogP contribution < -0.4 is 4.72 Å². The van der Waals surface area contributed by atoms with Gasteiger partial charge in [-0.2, -0.15) is 0 Å². The lowest BCUT2D eigenvalue weighted by Gasteiger charge is -2.34. The second-order valence-electron chi connectivity index (χ2n) is 7.74. The number of sulfonamides is 1. The summed E-state index contributed by atoms with van der Waals surface area (Å²) in [4.78, 5) is 16.6. The summed E-state index contributed by atoms with van der Waals surface area (Å²) in [5.41, 5.74) is 1.06. The third-order valence-corrected chi connectivity index (χ3v) is 6.31. The number of likely N-dealkylation sites (N-methyl/N-ethyl adjacent to an activating group) is 1. The van der Waals surface area contributed by atoms with Crippen molar-refractivity contribution in [1.29, 1.82) is 0 Å². The van der Waals surface area contributed by atoms with Crippen molar-refractivity contribution < 1.29 is 13.2 Å². The fraction of sp³-hybridized carbons (Fsp3) is 0.632. The molecular weight excluding hydrogens is 350 g/mol. The molecule has 0 unspecified atom stereocenters. The van der Waals surface area contributed by atoms with Crippen molar-refractivity contribution >= 4 is 15.9 Å². The van der Waals surface area contributed by atoms with Crippen molar-refractivity contribution in [3.05, 3.63) is 29.8 Å². The minimum absolute atomic E-state index is 0.00605. The summed E-state index contributed by atoms with van der Waals surface area (Å²) in [5, 5.41) is 0. The molecule has 1 fully saturated rings. The van der Waals surface area contributed by atoms with Gasteiger partial charge in [0.15, 0.2) is 0 Å². The van der Waals surface area contributed by atoms with E-state index >= 15 is 0 Å². The number of piperazine rings is 1. The molecule has 1 aromatic rings. The Kier molecular flexibility index (Phi) is 6.82. The predicted octanol–water partition coefficient (Wildman–Crippen LogP) is 1.82. The minimum atomic E-state index is -3.59. The van der Waals surface area contributed by atoms with Crippen LogP contribution >= 0.6 is 0 Å². The van der Waals surface area contributed by atoms with Crippen LogP contribution in [0.3, 0.4) is 0 Å². The molecule has 0 aliphatic carbocycles. The van der Waals surface area contributed by atoms with Crippen LogP contribution in [0, 0.1) is 0 Å². The molecule has 0 atom stereocenters. The monoisotopic (exact) mass is 381 g/mol. The number of hydrogen-bond donors (Lipinski definition) is 1. The van der Waals surface area contributed by atoms with Crippen molar-refractivity contribution in [1.82, 2.24) is 14.5 Å². The first-order valence-corrected chi connectivity index (χ1v) is 10.7. The van der Waals surface area contributed by atoms with E-state index in [-0.39, 0.29) is 29.2 Å². The van der Waals surface area contributed by atoms with E-state index in [1.165, 1.54) is 0 Å². The molecule has 1 N–H and O–H groups in total. The molecule has 1 aliphatic heterocycles. The fourth-order valence-electron chi connectivity index (χ4n) is 2.98. The number of nitrogens with one attached hydrogen (secondary N) is 1. The molecule has 2 rings (SSSR count). The molecule has 146 valence electrons. The Morgan fingerprint density at radius 3 is 2.15 bits per heavy atom. The topological polar surface area (TPSA) is 69.7 Å². The first kappa shape index (κ1) is 20.9. The van der Waals surface area contributed by atoms with Gasteiger partial charge in [0.2, 0.25) is 15.9 Å². The third-order valence-electron chi connectivity index (χ3n) is 4.83. The Balaban J connectivity index is 1.85. The maximum Gasteiger partial charge on any atom is 0.240 e. The molecule has 1 amide bonds. The quantitative estimate of drug-likeness (QED) is 0.816. The number of amides is 1. The third kappa shape index (κ3) is 5.53. The molecule has 7 heteroatoms. The van der Waals surface area contributed by atoms with Crippen LogP contribution in [0.1, 0.15) is 39.7 Å². The van der Waals surface area contributed by atoms with E-state index in [9.17, 15) is 13.2 Å². The van der Waals surface area contributed by atoms with Gasteiger partial charge in [0.1, 0.15) is 0 Å². The summed E-state index contributed by atoms with van der Waals surface area (Å²) < 4.78 is 27.3. The van der Waals surface area contributed by atoms with Gasteiger partial charge >= 0.3 is 0 Å². The number of nitrogens with zero attached hydrogens (tertiary/aromatic N) is 2. The maximum absolute atomic E-state index is 12.4. The van der Waals surface area contributed by atoms with Crippen molar-refractivity contribution in [2.75, 3.05) is 39.3 Å². The highest BCUT2D eigenvalue weighted by Gasteiger charge is 2.21. The Morgan fingerprint density at radius 1 is 1.08 bits per heavy atom. The molecule has 26 heavy (non-hydrogen) atoms. The Hall–Kier alpha value is -1.44. The molecule has 0 bridgehead atoms. The van der Waals surface area contributed by atoms with Gasteiger partial charge in [0, 0.05) is 39.1 Å². The van der Waals surface area contributed by atoms with Gasteiger partial charge in [-0.1, -0.05) is 39.8 Å². The molecule has 0 saturated carbocycles. The van der Waals surface area contributed by atoms with Gasteiger partial charge in [0.05, 0.1) is 4.90 Å². The highest BCUT2D eigenvalue weighted by Crippen LogP contribution is 2.23. The molecule has 0 radical (unpaired) electrons. The minimum Gasteiger partial charge on any atom is -0.340 e. The zero-order valence-corrected chi connectivity index (χ0v) is 17.1. The molecule has 1 aliphatic rings. The summed E-state index contributed by atoms with van der Waals surface area (Å²) in [6.07, 6.45) is 0.186. The Labute approximate surface area is 157 Å². The summed E-state index contributed by atoms with van der Waals surface area (Å²) in [5.74, 6) is 0.00605. The zero-order valence-electron chi connectivity index (χ0n) is 16.3. The van der Waals surface area contributed by atoms with Crippen LogP contribution in [0.15, 0.2) is 29.2 Å². The average Bonchev–Trinajstić information content (AvgIpc) is 2.61. The molecule has 0 spiro atoms. The summed E-state index contributed by atoms with van der Waals surface area (Å²) >= 11 is 0. The molecule has 1 aromatic carbocycles. The van der Waals surface area contributed by atoms with E-state index in [2.05, 4.69) is 37.3 Å². The summed E-state index contributed by atoms with van der Waals surface area (Å²) in [6, 6.07) is 6.92. The summed E-state index contributed by atoms with van der Waals surface area (Å²) in [6.45, 7) is 12.7. The SMILES string of the molecule is CCN1CCN(C(=O)CCNS(=O)(=O)c2ccc(C(C)(C)C)cc2)CC1. The van der Waals surface area contributed by atoms with Gasteiger partial charge in [-0.15, -0.1) is 0 Å². The number of carbonyl (C=O) groups excluding carboxylic acids is 1. The maximum atomic E-state index is 12.4. The van der Waals surface area contributed by atoms with Gasteiger partial charge < -0.3 is 9.80 Å². The largest absolute Gasteiger partial charge is 0.340 e. The van der Waals surface area contributed by atoms with Crippen LogP contribution in [0.2, 0.25) is 0 Å². The molecule has 0 aromatic heterocycles. The van der Waals surface area contributed by atoms with E-state index in [1.54, 1.807) is 12.1 Å². The molecule has 6 nitrogen and oxygen atoms in total. The van der Waals surface area contributed by atoms with Crippen LogP contribution in [0.25, 0.3) is 0 Å². The van der Waals surface area contributed by atoms with Crippen LogP contribution in [-0.4, -0.2) is 63.4 Å². The number of benzene rings is 1. The molecule has 1 heterocycles. The smallest absolute Gasteiger partial charge is 0.240 e. The van der Waals surface area contributed by atoms with E-state index in [0.29, 0.717) is 13.1 Å². The van der Waals surface area contributed by atoms with Gasteiger partial charge in [-0.05, 0) is 29.7 Å². The predicted molar refractivity (Wildman–Crippen MR) is 104 cm³/mol. The first-order chi connectivity index (χ1) is 12.1. The van der Waals surface area contributed by atoms with Gasteiger partial charge in [0.25, 0.3) is 0 Å². The molecule has 1 saturated heterocycles. The first-order valence-electron chi connectivity index (χ1n) is 9.24. The Morgan fingerprint density at radius 2 is 1.65 bits per heavy atom. The van der Waals surface area contributed by atoms with E-state index in [1.807, 2.05) is 17.0 Å². The van der Waals surface area contributed by atoms with Gasteiger partial charge in [-0.3, -0.25) is 4.79 Å². The second kappa shape index (κ2) is 8.50. The van der Waals surface area contributed by atoms with Crippen molar-refractivity contribution in [2.45, 2.75) is 44.4 Å². The van der Waals surface area contributed by atoms with Crippen molar-refractivity contribution in [3.8, 4) is 0 Å². The number of carbonyl (C=O) groups is 1. The standard InChI is InChI=1S/C19H31N3O3S/c1-5-21-12-14-22(15-13-21)18(23)10-11-20-26(24,25)17-8-6-16(7-9-17)19(2,3)4/h6-9,20H,5,10-15H2,1-4H3. The zero-order chi connectivity index (χ0) is 19.4. The van der Waals surface area contributed by atoms with E-state index in [0.717, 1.165) is 25.2 Å². The van der Waals surface area contributed by atoms with E-state index < -0.39 is 10.0 Å². The fourth-order valence-corrected chi connectivity index (χ4v) is 4.01. The highest BCUT2D eigenvalue weighted by atomic mass is 32.2. The van der Waals surface area contributed by atoms with Crippen LogP contribution in [0.4, 0.5) is 0 Å². The lowest BCUT2D eigenvalue weighted by atomic mass is 9.87. The van der Waals surface area contributed by atoms with Crippen molar-refractivity contribution in [2.24, 2.45) is 0 Å². The van der Waals surface area contributed by atoms with E-state index in [4.69, 9.17) is 0 Å². The molecular formula is C19H31N3O3S. The highest BCUT2D eigenvalue weighted by molar-refractivity contribution is 7.89. The normalized spacial score (nSPS) is 16.7. The van der Waals surface area contributed by atoms with Crippen LogP contribution in [-0.2, 0) is 20.2 Å². The Bertz CT molecular complexity index is 701. The number of rotatable bonds is 6. The summed E-state index contributed by atoms with van der Waals surface area (Å²) in [7, 11) is -3.59. The lowest BCUT2D eigenvalue weighted by molar-refractivity contribution is -0.132. The van der Waals surface area contributed by atoms with Gasteiger partial charge in [-0.25, -0.2) is 13.1 Å². The van der Waals surface area contributed by atoms with Crippen molar-refractivity contribution in [3.63, 3.8) is 0 Å². The van der Waals surface area contributed by atoms with Crippen LogP contribution in [0.5, 0.6) is 0 Å². The average molecular weight is 382 g/mol.